The zero-order valence-electron chi connectivity index (χ0n) is 17.6. The van der Waals surface area contributed by atoms with Crippen LogP contribution in [0, 0.1) is 0 Å². The molecule has 1 aliphatic rings. The van der Waals surface area contributed by atoms with Crippen molar-refractivity contribution in [3.05, 3.63) is 60.0 Å². The van der Waals surface area contributed by atoms with Crippen LogP contribution in [0.15, 0.2) is 53.1 Å². The van der Waals surface area contributed by atoms with Crippen LogP contribution in [0.1, 0.15) is 25.3 Å². The zero-order chi connectivity index (χ0) is 21.6. The second-order valence-corrected chi connectivity index (χ2v) is 7.49. The van der Waals surface area contributed by atoms with Crippen molar-refractivity contribution in [1.82, 2.24) is 15.0 Å². The highest BCUT2D eigenvalue weighted by Crippen LogP contribution is 2.35. The Morgan fingerprint density at radius 3 is 2.74 bits per heavy atom. The third-order valence-electron chi connectivity index (χ3n) is 4.95. The second kappa shape index (κ2) is 9.61. The van der Waals surface area contributed by atoms with Gasteiger partial charge in [-0.05, 0) is 37.6 Å². The molecule has 0 radical (unpaired) electrons. The second-order valence-electron chi connectivity index (χ2n) is 7.49. The lowest BCUT2D eigenvalue weighted by Crippen LogP contribution is -2.40. The molecule has 2 aromatic carbocycles. The fourth-order valence-corrected chi connectivity index (χ4v) is 3.31. The van der Waals surface area contributed by atoms with Gasteiger partial charge in [-0.15, -0.1) is 0 Å². The highest BCUT2D eigenvalue weighted by atomic mass is 16.7. The molecule has 0 unspecified atom stereocenters. The van der Waals surface area contributed by atoms with E-state index in [9.17, 15) is 4.79 Å². The molecule has 1 aromatic heterocycles. The lowest BCUT2D eigenvalue weighted by atomic mass is 10.2. The molecule has 162 valence electrons. The van der Waals surface area contributed by atoms with Crippen molar-refractivity contribution >= 4 is 5.91 Å². The Labute approximate surface area is 180 Å². The normalized spacial score (nSPS) is 12.4. The maximum atomic E-state index is 12.6. The van der Waals surface area contributed by atoms with Crippen molar-refractivity contribution in [1.29, 1.82) is 0 Å². The van der Waals surface area contributed by atoms with E-state index in [-0.39, 0.29) is 25.3 Å². The van der Waals surface area contributed by atoms with Crippen LogP contribution in [0.2, 0.25) is 0 Å². The van der Waals surface area contributed by atoms with Gasteiger partial charge < -0.3 is 23.6 Å². The SMILES string of the molecule is CC(C)N(CCc1nc(-c2ccc3c(c2)OCO3)no1)C(=O)COCc1ccccc1. The molecule has 0 bridgehead atoms. The molecule has 0 atom stereocenters. The molecule has 8 nitrogen and oxygen atoms in total. The van der Waals surface area contributed by atoms with Crippen LogP contribution >= 0.6 is 0 Å². The minimum atomic E-state index is -0.0681. The van der Waals surface area contributed by atoms with Gasteiger partial charge in [0.1, 0.15) is 6.61 Å². The topological polar surface area (TPSA) is 86.9 Å². The van der Waals surface area contributed by atoms with Crippen molar-refractivity contribution in [2.24, 2.45) is 0 Å². The fraction of sp³-hybridized carbons (Fsp3) is 0.348. The lowest BCUT2D eigenvalue weighted by molar-refractivity contribution is -0.138. The monoisotopic (exact) mass is 423 g/mol. The van der Waals surface area contributed by atoms with Gasteiger partial charge in [-0.2, -0.15) is 4.98 Å². The minimum Gasteiger partial charge on any atom is -0.454 e. The van der Waals surface area contributed by atoms with Gasteiger partial charge in [-0.1, -0.05) is 35.5 Å². The van der Waals surface area contributed by atoms with Crippen LogP contribution in [-0.2, 0) is 22.6 Å². The standard InChI is InChI=1S/C23H25N3O5/c1-16(2)26(22(27)14-28-13-17-6-4-3-5-7-17)11-10-21-24-23(25-31-21)18-8-9-19-20(12-18)30-15-29-19/h3-9,12,16H,10-11,13-15H2,1-2H3. The molecule has 0 N–H and O–H groups in total. The molecule has 3 aromatic rings. The van der Waals surface area contributed by atoms with Gasteiger partial charge >= 0.3 is 0 Å². The average molecular weight is 423 g/mol. The minimum absolute atomic E-state index is 0.0271. The highest BCUT2D eigenvalue weighted by molar-refractivity contribution is 5.77. The Morgan fingerprint density at radius 2 is 1.94 bits per heavy atom. The maximum Gasteiger partial charge on any atom is 0.248 e. The predicted octanol–water partition coefficient (Wildman–Crippen LogP) is 3.46. The first-order valence-electron chi connectivity index (χ1n) is 10.2. The zero-order valence-corrected chi connectivity index (χ0v) is 17.6. The largest absolute Gasteiger partial charge is 0.454 e. The van der Waals surface area contributed by atoms with Crippen molar-refractivity contribution in [2.45, 2.75) is 32.9 Å². The molecule has 1 aliphatic heterocycles. The van der Waals surface area contributed by atoms with Crippen molar-refractivity contribution < 1.29 is 23.5 Å². The summed E-state index contributed by atoms with van der Waals surface area (Å²) in [6.45, 7) is 5.06. The number of hydrogen-bond donors (Lipinski definition) is 0. The third-order valence-corrected chi connectivity index (χ3v) is 4.95. The number of hydrogen-bond acceptors (Lipinski definition) is 7. The molecule has 4 rings (SSSR count). The Bertz CT molecular complexity index is 1020. The van der Waals surface area contributed by atoms with E-state index in [0.29, 0.717) is 42.8 Å². The third kappa shape index (κ3) is 5.21. The summed E-state index contributed by atoms with van der Waals surface area (Å²) in [5.41, 5.74) is 1.82. The Hall–Kier alpha value is -3.39. The van der Waals surface area contributed by atoms with E-state index in [4.69, 9.17) is 18.7 Å². The van der Waals surface area contributed by atoms with Crippen LogP contribution in [0.5, 0.6) is 11.5 Å². The van der Waals surface area contributed by atoms with Gasteiger partial charge in [0.2, 0.25) is 24.4 Å². The molecule has 0 aliphatic carbocycles. The molecule has 8 heteroatoms. The number of amides is 1. The number of benzene rings is 2. The maximum absolute atomic E-state index is 12.6. The van der Waals surface area contributed by atoms with Gasteiger partial charge in [0.25, 0.3) is 0 Å². The number of carbonyl (C=O) groups excluding carboxylic acids is 1. The van der Waals surface area contributed by atoms with Crippen LogP contribution in [0.25, 0.3) is 11.4 Å². The predicted molar refractivity (Wildman–Crippen MR) is 113 cm³/mol. The van der Waals surface area contributed by atoms with E-state index in [2.05, 4.69) is 10.1 Å². The molecule has 0 saturated heterocycles. The highest BCUT2D eigenvalue weighted by Gasteiger charge is 2.20. The van der Waals surface area contributed by atoms with Gasteiger partial charge in [0.05, 0.1) is 6.61 Å². The molecular formula is C23H25N3O5. The molecule has 31 heavy (non-hydrogen) atoms. The molecular weight excluding hydrogens is 398 g/mol. The number of carbonyl (C=O) groups is 1. The van der Waals surface area contributed by atoms with Crippen LogP contribution in [0.4, 0.5) is 0 Å². The number of ether oxygens (including phenoxy) is 3. The number of aromatic nitrogens is 2. The quantitative estimate of drug-likeness (QED) is 0.521. The smallest absolute Gasteiger partial charge is 0.248 e. The summed E-state index contributed by atoms with van der Waals surface area (Å²) >= 11 is 0. The summed E-state index contributed by atoms with van der Waals surface area (Å²) < 4.78 is 21.7. The van der Waals surface area contributed by atoms with E-state index in [0.717, 1.165) is 11.1 Å². The molecule has 2 heterocycles. The Morgan fingerprint density at radius 1 is 1.13 bits per heavy atom. The summed E-state index contributed by atoms with van der Waals surface area (Å²) in [4.78, 5) is 18.9. The molecule has 0 saturated carbocycles. The van der Waals surface area contributed by atoms with Gasteiger partial charge in [-0.25, -0.2) is 0 Å². The van der Waals surface area contributed by atoms with Crippen molar-refractivity contribution in [3.63, 3.8) is 0 Å². The molecule has 0 fully saturated rings. The van der Waals surface area contributed by atoms with Gasteiger partial charge in [0, 0.05) is 24.6 Å². The van der Waals surface area contributed by atoms with E-state index in [1.165, 1.54) is 0 Å². The summed E-state index contributed by atoms with van der Waals surface area (Å²) in [5.74, 6) is 2.24. The van der Waals surface area contributed by atoms with Crippen LogP contribution < -0.4 is 9.47 Å². The molecule has 1 amide bonds. The summed E-state index contributed by atoms with van der Waals surface area (Å²) in [6, 6.07) is 15.3. The fourth-order valence-electron chi connectivity index (χ4n) is 3.31. The summed E-state index contributed by atoms with van der Waals surface area (Å²) in [7, 11) is 0. The number of nitrogens with zero attached hydrogens (tertiary/aromatic N) is 3. The summed E-state index contributed by atoms with van der Waals surface area (Å²) in [6.07, 6.45) is 0.458. The number of fused-ring (bicyclic) bond motifs is 1. The van der Waals surface area contributed by atoms with E-state index >= 15 is 0 Å². The van der Waals surface area contributed by atoms with Crippen molar-refractivity contribution in [2.75, 3.05) is 19.9 Å². The first-order chi connectivity index (χ1) is 15.1. The Kier molecular flexibility index (Phi) is 6.47. The van der Waals surface area contributed by atoms with Crippen LogP contribution in [0.3, 0.4) is 0 Å². The van der Waals surface area contributed by atoms with E-state index in [1.54, 1.807) is 4.90 Å². The number of rotatable bonds is 9. The average Bonchev–Trinajstić information content (AvgIpc) is 3.43. The lowest BCUT2D eigenvalue weighted by Gasteiger charge is -2.26. The summed E-state index contributed by atoms with van der Waals surface area (Å²) in [5, 5.41) is 4.05. The molecule has 0 spiro atoms. The van der Waals surface area contributed by atoms with Crippen LogP contribution in [-0.4, -0.2) is 46.9 Å². The van der Waals surface area contributed by atoms with Gasteiger partial charge in [0.15, 0.2) is 11.5 Å². The van der Waals surface area contributed by atoms with Crippen molar-refractivity contribution in [3.8, 4) is 22.9 Å². The van der Waals surface area contributed by atoms with E-state index in [1.807, 2.05) is 62.4 Å². The first-order valence-corrected chi connectivity index (χ1v) is 10.2. The first kappa shape index (κ1) is 20.9. The Balaban J connectivity index is 1.31. The van der Waals surface area contributed by atoms with E-state index < -0.39 is 0 Å². The van der Waals surface area contributed by atoms with Gasteiger partial charge in [-0.3, -0.25) is 4.79 Å².